The van der Waals surface area contributed by atoms with E-state index in [0.29, 0.717) is 0 Å². The molecule has 0 bridgehead atoms. The number of hydrogen-bond donors (Lipinski definition) is 1. The van der Waals surface area contributed by atoms with Crippen LogP contribution in [-0.4, -0.2) is 37.6 Å². The maximum Gasteiger partial charge on any atom is 0.0107 e. The van der Waals surface area contributed by atoms with Crippen LogP contribution in [0.1, 0.15) is 58.8 Å². The summed E-state index contributed by atoms with van der Waals surface area (Å²) >= 11 is 0. The van der Waals surface area contributed by atoms with E-state index >= 15 is 0 Å². The van der Waals surface area contributed by atoms with Gasteiger partial charge in [-0.15, -0.1) is 0 Å². The number of hydrogen-bond acceptors (Lipinski definition) is 2. The molecule has 1 aliphatic carbocycles. The Morgan fingerprint density at radius 1 is 1.12 bits per heavy atom. The van der Waals surface area contributed by atoms with Gasteiger partial charge in [0.1, 0.15) is 0 Å². The molecule has 2 heteroatoms. The Kier molecular flexibility index (Phi) is 7.87. The third kappa shape index (κ3) is 7.05. The minimum absolute atomic E-state index is 0.849. The molecule has 2 nitrogen and oxygen atoms in total. The summed E-state index contributed by atoms with van der Waals surface area (Å²) in [4.78, 5) is 2.56. The first-order chi connectivity index (χ1) is 8.20. The Labute approximate surface area is 108 Å². The SMILES string of the molecule is CC(C)CCCNCCN(C)C1CCCCC1. The van der Waals surface area contributed by atoms with E-state index in [-0.39, 0.29) is 0 Å². The number of nitrogens with zero attached hydrogens (tertiary/aromatic N) is 1. The van der Waals surface area contributed by atoms with Gasteiger partial charge in [0.2, 0.25) is 0 Å². The van der Waals surface area contributed by atoms with Crippen molar-refractivity contribution < 1.29 is 0 Å². The zero-order chi connectivity index (χ0) is 12.5. The quantitative estimate of drug-likeness (QED) is 0.655. The second-order valence-corrected chi connectivity index (χ2v) is 6.06. The van der Waals surface area contributed by atoms with Gasteiger partial charge in [-0.2, -0.15) is 0 Å². The first kappa shape index (κ1) is 15.0. The highest BCUT2D eigenvalue weighted by molar-refractivity contribution is 4.73. The molecule has 17 heavy (non-hydrogen) atoms. The third-order valence-electron chi connectivity index (χ3n) is 3.97. The van der Waals surface area contributed by atoms with E-state index in [2.05, 4.69) is 31.1 Å². The molecule has 102 valence electrons. The number of nitrogens with one attached hydrogen (secondary N) is 1. The average Bonchev–Trinajstić information content (AvgIpc) is 2.34. The van der Waals surface area contributed by atoms with Crippen molar-refractivity contribution in [2.75, 3.05) is 26.7 Å². The van der Waals surface area contributed by atoms with Gasteiger partial charge in [-0.1, -0.05) is 33.1 Å². The van der Waals surface area contributed by atoms with Gasteiger partial charge in [-0.3, -0.25) is 0 Å². The topological polar surface area (TPSA) is 15.3 Å². The van der Waals surface area contributed by atoms with Gasteiger partial charge in [0, 0.05) is 19.1 Å². The smallest absolute Gasteiger partial charge is 0.0107 e. The van der Waals surface area contributed by atoms with Crippen molar-refractivity contribution in [3.05, 3.63) is 0 Å². The molecular formula is C15H32N2. The van der Waals surface area contributed by atoms with Gasteiger partial charge in [0.15, 0.2) is 0 Å². The van der Waals surface area contributed by atoms with Gasteiger partial charge in [0.25, 0.3) is 0 Å². The fraction of sp³-hybridized carbons (Fsp3) is 1.00. The van der Waals surface area contributed by atoms with Crippen LogP contribution in [0.15, 0.2) is 0 Å². The van der Waals surface area contributed by atoms with Crippen molar-refractivity contribution in [1.82, 2.24) is 10.2 Å². The summed E-state index contributed by atoms with van der Waals surface area (Å²) in [5, 5.41) is 3.57. The van der Waals surface area contributed by atoms with Gasteiger partial charge in [0.05, 0.1) is 0 Å². The van der Waals surface area contributed by atoms with Crippen LogP contribution < -0.4 is 5.32 Å². The summed E-state index contributed by atoms with van der Waals surface area (Å²) in [6, 6.07) is 0.862. The summed E-state index contributed by atoms with van der Waals surface area (Å²) in [5.74, 6) is 0.849. The molecule has 0 aromatic carbocycles. The molecule has 0 aromatic heterocycles. The first-order valence-electron chi connectivity index (χ1n) is 7.61. The highest BCUT2D eigenvalue weighted by atomic mass is 15.1. The maximum atomic E-state index is 3.57. The Bertz CT molecular complexity index is 174. The Balaban J connectivity index is 1.94. The van der Waals surface area contributed by atoms with E-state index in [9.17, 15) is 0 Å². The highest BCUT2D eigenvalue weighted by Crippen LogP contribution is 2.21. The van der Waals surface area contributed by atoms with Crippen molar-refractivity contribution in [2.24, 2.45) is 5.92 Å². The van der Waals surface area contributed by atoms with Crippen molar-refractivity contribution in [3.8, 4) is 0 Å². The molecule has 0 amide bonds. The van der Waals surface area contributed by atoms with Crippen molar-refractivity contribution in [1.29, 1.82) is 0 Å². The summed E-state index contributed by atoms with van der Waals surface area (Å²) < 4.78 is 0. The normalized spacial score (nSPS) is 18.2. The molecule has 1 rings (SSSR count). The van der Waals surface area contributed by atoms with Crippen LogP contribution in [0.5, 0.6) is 0 Å². The zero-order valence-electron chi connectivity index (χ0n) is 12.2. The lowest BCUT2D eigenvalue weighted by Gasteiger charge is -2.31. The molecule has 0 atom stereocenters. The molecular weight excluding hydrogens is 208 g/mol. The fourth-order valence-electron chi connectivity index (χ4n) is 2.72. The van der Waals surface area contributed by atoms with Crippen LogP contribution in [0.25, 0.3) is 0 Å². The number of likely N-dealkylation sites (N-methyl/N-ethyl adjacent to an activating group) is 1. The van der Waals surface area contributed by atoms with Gasteiger partial charge < -0.3 is 10.2 Å². The van der Waals surface area contributed by atoms with Gasteiger partial charge in [-0.05, 0) is 45.2 Å². The second kappa shape index (κ2) is 8.93. The van der Waals surface area contributed by atoms with Crippen LogP contribution in [0, 0.1) is 5.92 Å². The largest absolute Gasteiger partial charge is 0.315 e. The summed E-state index contributed by atoms with van der Waals surface area (Å²) in [6.45, 7) is 8.17. The molecule has 1 saturated carbocycles. The summed E-state index contributed by atoms with van der Waals surface area (Å²) in [7, 11) is 2.30. The van der Waals surface area contributed by atoms with E-state index in [0.717, 1.165) is 18.5 Å². The van der Waals surface area contributed by atoms with E-state index in [4.69, 9.17) is 0 Å². The van der Waals surface area contributed by atoms with E-state index in [1.165, 1.54) is 58.0 Å². The molecule has 0 radical (unpaired) electrons. The minimum atomic E-state index is 0.849. The predicted octanol–water partition coefficient (Wildman–Crippen LogP) is 3.28. The highest BCUT2D eigenvalue weighted by Gasteiger charge is 2.16. The van der Waals surface area contributed by atoms with Crippen molar-refractivity contribution in [2.45, 2.75) is 64.8 Å². The maximum absolute atomic E-state index is 3.57. The standard InChI is InChI=1S/C15H32N2/c1-14(2)8-7-11-16-12-13-17(3)15-9-5-4-6-10-15/h14-16H,4-13H2,1-3H3. The second-order valence-electron chi connectivity index (χ2n) is 6.06. The molecule has 0 aliphatic heterocycles. The molecule has 0 unspecified atom stereocenters. The van der Waals surface area contributed by atoms with E-state index < -0.39 is 0 Å². The van der Waals surface area contributed by atoms with Crippen LogP contribution in [0.2, 0.25) is 0 Å². The molecule has 0 aromatic rings. The lowest BCUT2D eigenvalue weighted by molar-refractivity contribution is 0.192. The summed E-state index contributed by atoms with van der Waals surface area (Å²) in [6.07, 6.45) is 9.86. The molecule has 0 heterocycles. The molecule has 1 N–H and O–H groups in total. The Morgan fingerprint density at radius 3 is 2.47 bits per heavy atom. The van der Waals surface area contributed by atoms with Crippen LogP contribution in [0.4, 0.5) is 0 Å². The fourth-order valence-corrected chi connectivity index (χ4v) is 2.72. The van der Waals surface area contributed by atoms with Gasteiger partial charge in [-0.25, -0.2) is 0 Å². The Morgan fingerprint density at radius 2 is 1.82 bits per heavy atom. The Hall–Kier alpha value is -0.0800. The van der Waals surface area contributed by atoms with Crippen molar-refractivity contribution >= 4 is 0 Å². The van der Waals surface area contributed by atoms with E-state index in [1.54, 1.807) is 0 Å². The van der Waals surface area contributed by atoms with Crippen molar-refractivity contribution in [3.63, 3.8) is 0 Å². The third-order valence-corrected chi connectivity index (χ3v) is 3.97. The number of rotatable bonds is 8. The first-order valence-corrected chi connectivity index (χ1v) is 7.61. The monoisotopic (exact) mass is 240 g/mol. The van der Waals surface area contributed by atoms with Gasteiger partial charge >= 0.3 is 0 Å². The average molecular weight is 240 g/mol. The van der Waals surface area contributed by atoms with Crippen LogP contribution in [-0.2, 0) is 0 Å². The molecule has 1 fully saturated rings. The lowest BCUT2D eigenvalue weighted by atomic mass is 9.94. The van der Waals surface area contributed by atoms with Crippen LogP contribution >= 0.6 is 0 Å². The molecule has 1 aliphatic rings. The lowest BCUT2D eigenvalue weighted by Crippen LogP contribution is -2.38. The van der Waals surface area contributed by atoms with Crippen LogP contribution in [0.3, 0.4) is 0 Å². The molecule has 0 saturated heterocycles. The minimum Gasteiger partial charge on any atom is -0.315 e. The zero-order valence-corrected chi connectivity index (χ0v) is 12.2. The molecule has 0 spiro atoms. The van der Waals surface area contributed by atoms with E-state index in [1.807, 2.05) is 0 Å². The predicted molar refractivity (Wildman–Crippen MR) is 76.4 cm³/mol. The summed E-state index contributed by atoms with van der Waals surface area (Å²) in [5.41, 5.74) is 0.